The van der Waals surface area contributed by atoms with Gasteiger partial charge in [0.2, 0.25) is 5.79 Å². The molecule has 1 aromatic carbocycles. The topological polar surface area (TPSA) is 76.0 Å². The van der Waals surface area contributed by atoms with Gasteiger partial charge in [0.1, 0.15) is 5.75 Å². The Bertz CT molecular complexity index is 356. The Morgan fingerprint density at radius 1 is 1.20 bits per heavy atom. The molecule has 2 N–H and O–H groups in total. The van der Waals surface area contributed by atoms with Crippen LogP contribution < -0.4 is 4.74 Å². The Morgan fingerprint density at radius 3 is 2.20 bits per heavy atom. The molecule has 0 aliphatic carbocycles. The van der Waals surface area contributed by atoms with Gasteiger partial charge in [-0.25, -0.2) is 9.09 Å². The van der Waals surface area contributed by atoms with Crippen molar-refractivity contribution in [3.8, 4) is 5.75 Å². The lowest BCUT2D eigenvalue weighted by Crippen LogP contribution is -2.30. The molecule has 0 aliphatic rings. The van der Waals surface area contributed by atoms with Crippen molar-refractivity contribution in [3.63, 3.8) is 0 Å². The Balaban J connectivity index is 2.69. The number of benzene rings is 1. The Labute approximate surface area is 87.9 Å². The summed E-state index contributed by atoms with van der Waals surface area (Å²) in [6, 6.07) is 8.66. The van der Waals surface area contributed by atoms with Crippen LogP contribution in [0.15, 0.2) is 30.3 Å². The minimum Gasteiger partial charge on any atom is -0.462 e. The molecular weight excluding hydrogens is 219 g/mol. The molecule has 0 radical (unpaired) electrons. The zero-order valence-electron chi connectivity index (χ0n) is 8.45. The zero-order valence-corrected chi connectivity index (χ0v) is 9.35. The second-order valence-electron chi connectivity index (χ2n) is 3.40. The summed E-state index contributed by atoms with van der Waals surface area (Å²) in [7, 11) is -4.55. The quantitative estimate of drug-likeness (QED) is 0.612. The summed E-state index contributed by atoms with van der Waals surface area (Å²) >= 11 is 0. The summed E-state index contributed by atoms with van der Waals surface area (Å²) < 4.78 is 20.4. The van der Waals surface area contributed by atoms with E-state index in [-0.39, 0.29) is 0 Å². The van der Waals surface area contributed by atoms with Gasteiger partial charge >= 0.3 is 7.82 Å². The fourth-order valence-electron chi connectivity index (χ4n) is 1.08. The molecule has 0 saturated carbocycles. The average Bonchev–Trinajstić information content (AvgIpc) is 1.99. The normalized spacial score (nSPS) is 12.5. The molecule has 15 heavy (non-hydrogen) atoms. The van der Waals surface area contributed by atoms with Crippen molar-refractivity contribution in [1.29, 1.82) is 0 Å². The largest absolute Gasteiger partial charge is 0.472 e. The van der Waals surface area contributed by atoms with Crippen LogP contribution in [0.25, 0.3) is 0 Å². The van der Waals surface area contributed by atoms with E-state index in [0.717, 1.165) is 0 Å². The van der Waals surface area contributed by atoms with Crippen molar-refractivity contribution in [2.75, 3.05) is 0 Å². The van der Waals surface area contributed by atoms with E-state index in [1.54, 1.807) is 24.3 Å². The van der Waals surface area contributed by atoms with Crippen LogP contribution in [-0.4, -0.2) is 15.6 Å². The average molecular weight is 232 g/mol. The summed E-state index contributed by atoms with van der Waals surface area (Å²) in [5.41, 5.74) is 0. The van der Waals surface area contributed by atoms with Crippen LogP contribution in [0.4, 0.5) is 0 Å². The van der Waals surface area contributed by atoms with Gasteiger partial charge in [-0.2, -0.15) is 0 Å². The van der Waals surface area contributed by atoms with E-state index in [1.165, 1.54) is 13.8 Å². The van der Waals surface area contributed by atoms with Gasteiger partial charge in [-0.05, 0) is 12.1 Å². The molecule has 0 spiro atoms. The standard InChI is InChI=1S/C9H13O5P/c1-9(2,14-15(10,11)12)13-8-6-4-3-5-7-8/h3-7H,1-2H3,(H2,10,11,12). The van der Waals surface area contributed by atoms with Crippen LogP contribution in [0.2, 0.25) is 0 Å². The molecule has 0 aliphatic heterocycles. The molecule has 0 atom stereocenters. The lowest BCUT2D eigenvalue weighted by molar-refractivity contribution is -0.0959. The number of phosphoric ester groups is 1. The molecule has 0 heterocycles. The Kier molecular flexibility index (Phi) is 3.52. The van der Waals surface area contributed by atoms with Crippen molar-refractivity contribution in [2.45, 2.75) is 19.6 Å². The van der Waals surface area contributed by atoms with Crippen molar-refractivity contribution in [3.05, 3.63) is 30.3 Å². The van der Waals surface area contributed by atoms with Crippen molar-refractivity contribution < 1.29 is 23.6 Å². The third kappa shape index (κ3) is 4.95. The van der Waals surface area contributed by atoms with E-state index in [1.807, 2.05) is 6.07 Å². The Hall–Kier alpha value is -0.870. The molecule has 1 aromatic rings. The first kappa shape index (κ1) is 12.2. The van der Waals surface area contributed by atoms with Gasteiger partial charge in [0.25, 0.3) is 0 Å². The zero-order chi connectivity index (χ0) is 11.5. The van der Waals surface area contributed by atoms with Crippen LogP contribution in [0, 0.1) is 0 Å². The molecule has 5 nitrogen and oxygen atoms in total. The highest BCUT2D eigenvalue weighted by molar-refractivity contribution is 7.46. The van der Waals surface area contributed by atoms with Crippen molar-refractivity contribution in [1.82, 2.24) is 0 Å². The lowest BCUT2D eigenvalue weighted by atomic mass is 10.3. The fraction of sp³-hybridized carbons (Fsp3) is 0.333. The molecule has 0 aromatic heterocycles. The van der Waals surface area contributed by atoms with Crippen LogP contribution >= 0.6 is 7.82 Å². The highest BCUT2D eigenvalue weighted by atomic mass is 31.2. The van der Waals surface area contributed by atoms with E-state index < -0.39 is 13.6 Å². The van der Waals surface area contributed by atoms with Crippen molar-refractivity contribution in [2.24, 2.45) is 0 Å². The van der Waals surface area contributed by atoms with Gasteiger partial charge in [-0.3, -0.25) is 0 Å². The number of hydrogen-bond acceptors (Lipinski definition) is 3. The highest BCUT2D eigenvalue weighted by Gasteiger charge is 2.30. The third-order valence-corrected chi connectivity index (χ3v) is 2.12. The number of para-hydroxylation sites is 1. The summed E-state index contributed by atoms with van der Waals surface area (Å²) in [4.78, 5) is 17.3. The van der Waals surface area contributed by atoms with Gasteiger partial charge in [0.15, 0.2) is 0 Å². The number of ether oxygens (including phenoxy) is 1. The molecule has 0 saturated heterocycles. The van der Waals surface area contributed by atoms with Crippen LogP contribution in [0.5, 0.6) is 5.75 Å². The SMILES string of the molecule is CC(C)(Oc1ccccc1)OP(=O)(O)O. The highest BCUT2D eigenvalue weighted by Crippen LogP contribution is 2.41. The minimum absolute atomic E-state index is 0.482. The van der Waals surface area contributed by atoms with Crippen LogP contribution in [0.3, 0.4) is 0 Å². The van der Waals surface area contributed by atoms with E-state index in [4.69, 9.17) is 14.5 Å². The molecule has 1 rings (SSSR count). The molecule has 0 bridgehead atoms. The monoisotopic (exact) mass is 232 g/mol. The Morgan fingerprint density at radius 2 is 1.73 bits per heavy atom. The van der Waals surface area contributed by atoms with Gasteiger partial charge in [-0.1, -0.05) is 18.2 Å². The maximum atomic E-state index is 10.6. The lowest BCUT2D eigenvalue weighted by Gasteiger charge is -2.26. The number of phosphoric acid groups is 1. The number of rotatable bonds is 4. The van der Waals surface area contributed by atoms with Crippen LogP contribution in [-0.2, 0) is 9.09 Å². The smallest absolute Gasteiger partial charge is 0.462 e. The number of hydrogen-bond donors (Lipinski definition) is 2. The molecule has 6 heteroatoms. The van der Waals surface area contributed by atoms with Gasteiger partial charge in [0, 0.05) is 13.8 Å². The summed E-state index contributed by atoms with van der Waals surface area (Å²) in [6.07, 6.45) is 0. The molecular formula is C9H13O5P. The summed E-state index contributed by atoms with van der Waals surface area (Å²) in [5, 5.41) is 0. The first-order valence-electron chi connectivity index (χ1n) is 4.29. The van der Waals surface area contributed by atoms with Gasteiger partial charge in [0.05, 0.1) is 0 Å². The molecule has 0 fully saturated rings. The van der Waals surface area contributed by atoms with E-state index in [2.05, 4.69) is 4.52 Å². The fourth-order valence-corrected chi connectivity index (χ4v) is 1.69. The van der Waals surface area contributed by atoms with E-state index >= 15 is 0 Å². The second-order valence-corrected chi connectivity index (χ2v) is 4.56. The third-order valence-electron chi connectivity index (χ3n) is 1.45. The van der Waals surface area contributed by atoms with Gasteiger partial charge in [-0.15, -0.1) is 0 Å². The summed E-state index contributed by atoms with van der Waals surface area (Å²) in [6.45, 7) is 2.86. The predicted molar refractivity (Wildman–Crippen MR) is 54.3 cm³/mol. The maximum absolute atomic E-state index is 10.6. The summed E-state index contributed by atoms with van der Waals surface area (Å²) in [5.74, 6) is -0.892. The second kappa shape index (κ2) is 4.33. The maximum Gasteiger partial charge on any atom is 0.472 e. The van der Waals surface area contributed by atoms with E-state index in [9.17, 15) is 4.57 Å². The van der Waals surface area contributed by atoms with Crippen LogP contribution in [0.1, 0.15) is 13.8 Å². The minimum atomic E-state index is -4.55. The van der Waals surface area contributed by atoms with Crippen molar-refractivity contribution >= 4 is 7.82 Å². The molecule has 0 unspecified atom stereocenters. The molecule has 84 valence electrons. The van der Waals surface area contributed by atoms with Gasteiger partial charge < -0.3 is 14.5 Å². The first-order chi connectivity index (χ1) is 6.79. The van der Waals surface area contributed by atoms with E-state index in [0.29, 0.717) is 5.75 Å². The predicted octanol–water partition coefficient (Wildman–Crippen LogP) is 1.91. The first-order valence-corrected chi connectivity index (χ1v) is 5.82. The molecule has 0 amide bonds.